The second-order valence-corrected chi connectivity index (χ2v) is 21.0. The molecular weight excluding hydrogens is 668 g/mol. The molecule has 3 N–H and O–H groups in total. The molecule has 2 aliphatic rings. The van der Waals surface area contributed by atoms with Crippen molar-refractivity contribution in [3.8, 4) is 16.9 Å². The van der Waals surface area contributed by atoms with Gasteiger partial charge in [-0.1, -0.05) is 37.8 Å². The highest BCUT2D eigenvalue weighted by molar-refractivity contribution is 6.76. The van der Waals surface area contributed by atoms with Crippen LogP contribution in [-0.2, 0) is 20.8 Å². The summed E-state index contributed by atoms with van der Waals surface area (Å²) in [6.45, 7) is 16.2. The molecule has 12 heteroatoms. The maximum atomic E-state index is 15.7. The average molecular weight is 721 g/mol. The zero-order valence-corrected chi connectivity index (χ0v) is 31.8. The van der Waals surface area contributed by atoms with Gasteiger partial charge >= 0.3 is 6.09 Å². The number of aromatic nitrogens is 1. The van der Waals surface area contributed by atoms with Gasteiger partial charge < -0.3 is 39.5 Å². The number of aliphatic hydroxyl groups excluding tert-OH is 1. The van der Waals surface area contributed by atoms with E-state index in [1.54, 1.807) is 29.4 Å². The first-order valence-corrected chi connectivity index (χ1v) is 21.5. The Hall–Kier alpha value is -3.97. The number of amides is 1. The molecule has 0 aliphatic carbocycles. The molecule has 1 saturated heterocycles. The van der Waals surface area contributed by atoms with Crippen LogP contribution in [0.25, 0.3) is 22.9 Å². The van der Waals surface area contributed by atoms with Gasteiger partial charge in [0.05, 0.1) is 24.9 Å². The number of carbonyl (C=O) groups excluding carboxylic acids is 1. The Morgan fingerprint density at radius 1 is 1.06 bits per heavy atom. The summed E-state index contributed by atoms with van der Waals surface area (Å²) in [6, 6.07) is 11.3. The zero-order valence-electron chi connectivity index (χ0n) is 30.8. The fraction of sp³-hybridized carbons (Fsp3) is 0.487. The number of nitrogens with zero attached hydrogens (tertiary/aromatic N) is 3. The lowest BCUT2D eigenvalue weighted by molar-refractivity contribution is 0.0240. The number of aromatic hydroxyl groups is 1. The van der Waals surface area contributed by atoms with Crippen LogP contribution in [0.1, 0.15) is 55.5 Å². The molecule has 3 heterocycles. The van der Waals surface area contributed by atoms with Crippen LogP contribution in [-0.4, -0.2) is 92.5 Å². The van der Waals surface area contributed by atoms with Crippen molar-refractivity contribution in [3.63, 3.8) is 0 Å². The third-order valence-corrected chi connectivity index (χ3v) is 10.6. The molecule has 0 spiro atoms. The lowest BCUT2D eigenvalue weighted by atomic mass is 9.88. The zero-order chi connectivity index (χ0) is 36.8. The van der Waals surface area contributed by atoms with E-state index in [9.17, 15) is 15.0 Å². The molecule has 276 valence electrons. The van der Waals surface area contributed by atoms with Gasteiger partial charge in [0.2, 0.25) is 0 Å². The Morgan fingerprint density at radius 2 is 1.82 bits per heavy atom. The molecule has 3 aromatic rings. The van der Waals surface area contributed by atoms with Crippen LogP contribution in [0.2, 0.25) is 25.7 Å². The third-order valence-electron chi connectivity index (χ3n) is 8.93. The van der Waals surface area contributed by atoms with Gasteiger partial charge in [0, 0.05) is 94.4 Å². The molecule has 1 aromatic heterocycles. The second-order valence-electron chi connectivity index (χ2n) is 15.4. The van der Waals surface area contributed by atoms with Crippen LogP contribution < -0.4 is 10.2 Å². The van der Waals surface area contributed by atoms with E-state index in [0.29, 0.717) is 74.8 Å². The number of ether oxygens (including phenoxy) is 3. The first-order chi connectivity index (χ1) is 24.2. The number of anilines is 1. The summed E-state index contributed by atoms with van der Waals surface area (Å²) < 4.78 is 33.3. The summed E-state index contributed by atoms with van der Waals surface area (Å²) in [5.41, 5.74) is 5.12. The van der Waals surface area contributed by atoms with Gasteiger partial charge in [-0.3, -0.25) is 4.98 Å². The molecule has 1 atom stereocenters. The molecule has 51 heavy (non-hydrogen) atoms. The Labute approximate surface area is 302 Å². The summed E-state index contributed by atoms with van der Waals surface area (Å²) in [5.74, 6) is -0.250. The minimum Gasteiger partial charge on any atom is -0.506 e. The van der Waals surface area contributed by atoms with Gasteiger partial charge in [0.25, 0.3) is 0 Å². The number of benzene rings is 2. The van der Waals surface area contributed by atoms with Gasteiger partial charge in [-0.25, -0.2) is 9.18 Å². The molecule has 5 rings (SSSR count). The predicted molar refractivity (Wildman–Crippen MR) is 202 cm³/mol. The number of fused-ring (bicyclic) bond motifs is 1. The molecule has 0 bridgehead atoms. The SMILES string of the molecule is CC(C)(C)OC(=O)N1CCN(c2ccc(C3=Cc4c(-c5c(F)cccc5COCCCO)cncc4C(COCC[Si](C)(C)C)N3)cc2O)CC1. The molecule has 0 radical (unpaired) electrons. The van der Waals surface area contributed by atoms with Gasteiger partial charge in [0.1, 0.15) is 17.2 Å². The van der Waals surface area contributed by atoms with E-state index in [2.05, 4.69) is 34.8 Å². The van der Waals surface area contributed by atoms with Crippen LogP contribution in [0.3, 0.4) is 0 Å². The summed E-state index contributed by atoms with van der Waals surface area (Å²) in [7, 11) is -1.30. The van der Waals surface area contributed by atoms with Gasteiger partial charge in [-0.2, -0.15) is 0 Å². The molecule has 1 fully saturated rings. The van der Waals surface area contributed by atoms with Crippen molar-refractivity contribution in [1.82, 2.24) is 15.2 Å². The Kier molecular flexibility index (Phi) is 12.4. The number of carbonyl (C=O) groups is 1. The van der Waals surface area contributed by atoms with Crippen molar-refractivity contribution < 1.29 is 33.6 Å². The van der Waals surface area contributed by atoms with E-state index in [-0.39, 0.29) is 36.9 Å². The lowest BCUT2D eigenvalue weighted by Gasteiger charge is -2.37. The van der Waals surface area contributed by atoms with Crippen LogP contribution >= 0.6 is 0 Å². The summed E-state index contributed by atoms with van der Waals surface area (Å²) in [5, 5.41) is 24.1. The minimum absolute atomic E-state index is 0.0232. The average Bonchev–Trinajstić information content (AvgIpc) is 3.07. The van der Waals surface area contributed by atoms with Crippen molar-refractivity contribution in [1.29, 1.82) is 0 Å². The van der Waals surface area contributed by atoms with E-state index in [1.165, 1.54) is 6.07 Å². The predicted octanol–water partition coefficient (Wildman–Crippen LogP) is 7.05. The number of phenols is 1. The topological polar surface area (TPSA) is 117 Å². The van der Waals surface area contributed by atoms with E-state index in [0.717, 1.165) is 28.4 Å². The fourth-order valence-electron chi connectivity index (χ4n) is 6.21. The number of hydrogen-bond acceptors (Lipinski definition) is 9. The van der Waals surface area contributed by atoms with Crippen molar-refractivity contribution >= 4 is 31.6 Å². The molecule has 10 nitrogen and oxygen atoms in total. The maximum absolute atomic E-state index is 15.7. The Bertz CT molecular complexity index is 1700. The lowest BCUT2D eigenvalue weighted by Crippen LogP contribution is -2.50. The standard InChI is InChI=1S/C39H53FN4O6Si/c1-39(2,3)50-38(47)44-15-13-43(14-16-44)35-12-11-27(21-36(35)46)33-22-29-30(34(42-33)26-49-19-20-51(4,5)6)23-41-24-31(29)37-28(9-7-10-32(37)40)25-48-18-8-17-45/h7,9-12,21-24,34,42,45-46H,8,13-20,25-26H2,1-6H3. The van der Waals surface area contributed by atoms with Crippen LogP contribution in [0.4, 0.5) is 14.9 Å². The normalized spacial score (nSPS) is 16.4. The highest BCUT2D eigenvalue weighted by atomic mass is 28.3. The monoisotopic (exact) mass is 720 g/mol. The van der Waals surface area contributed by atoms with E-state index >= 15 is 4.39 Å². The van der Waals surface area contributed by atoms with Gasteiger partial charge in [-0.15, -0.1) is 0 Å². The number of nitrogens with one attached hydrogen (secondary N) is 1. The van der Waals surface area contributed by atoms with Gasteiger partial charge in [-0.05, 0) is 68.6 Å². The first kappa shape index (κ1) is 38.3. The number of aliphatic hydroxyl groups is 1. The summed E-state index contributed by atoms with van der Waals surface area (Å²) >= 11 is 0. The van der Waals surface area contributed by atoms with Crippen molar-refractivity contribution in [2.75, 3.05) is 57.5 Å². The van der Waals surface area contributed by atoms with Crippen LogP contribution in [0.5, 0.6) is 5.75 Å². The molecule has 2 aromatic carbocycles. The van der Waals surface area contributed by atoms with E-state index < -0.39 is 13.7 Å². The number of piperazine rings is 1. The Morgan fingerprint density at radius 3 is 2.51 bits per heavy atom. The summed E-state index contributed by atoms with van der Waals surface area (Å²) in [4.78, 5) is 20.9. The Balaban J connectivity index is 1.44. The summed E-state index contributed by atoms with van der Waals surface area (Å²) in [6.07, 6.45) is 5.65. The smallest absolute Gasteiger partial charge is 0.410 e. The van der Waals surface area contributed by atoms with Crippen molar-refractivity contribution in [2.24, 2.45) is 0 Å². The fourth-order valence-corrected chi connectivity index (χ4v) is 6.96. The number of rotatable bonds is 13. The molecule has 1 amide bonds. The molecule has 2 aliphatic heterocycles. The van der Waals surface area contributed by atoms with E-state index in [4.69, 9.17) is 14.2 Å². The number of halogens is 1. The highest BCUT2D eigenvalue weighted by Gasteiger charge is 2.29. The molecular formula is C39H53FN4O6Si. The van der Waals surface area contributed by atoms with E-state index in [1.807, 2.05) is 45.0 Å². The van der Waals surface area contributed by atoms with Crippen molar-refractivity contribution in [2.45, 2.75) is 71.1 Å². The highest BCUT2D eigenvalue weighted by Crippen LogP contribution is 2.40. The minimum atomic E-state index is -1.30. The third kappa shape index (κ3) is 10.1. The van der Waals surface area contributed by atoms with Crippen LogP contribution in [0, 0.1) is 5.82 Å². The largest absolute Gasteiger partial charge is 0.506 e. The van der Waals surface area contributed by atoms with Gasteiger partial charge in [0.15, 0.2) is 0 Å². The number of phenolic OH excluding ortho intramolecular Hbond substituents is 1. The second kappa shape index (κ2) is 16.6. The van der Waals surface area contributed by atoms with Crippen LogP contribution in [0.15, 0.2) is 48.8 Å². The quantitative estimate of drug-likeness (QED) is 0.126. The number of hydrogen-bond donors (Lipinski definition) is 3. The maximum Gasteiger partial charge on any atom is 0.410 e. The first-order valence-electron chi connectivity index (χ1n) is 17.8. The van der Waals surface area contributed by atoms with Crippen molar-refractivity contribution in [3.05, 3.63) is 76.9 Å². The molecule has 1 unspecified atom stereocenters. The molecule has 0 saturated carbocycles. The number of pyridine rings is 1.